The van der Waals surface area contributed by atoms with E-state index in [4.69, 9.17) is 0 Å². The van der Waals surface area contributed by atoms with Crippen molar-refractivity contribution < 1.29 is 13.2 Å². The van der Waals surface area contributed by atoms with E-state index in [-0.39, 0.29) is 23.6 Å². The van der Waals surface area contributed by atoms with Gasteiger partial charge < -0.3 is 10.6 Å². The molecule has 0 saturated carbocycles. The van der Waals surface area contributed by atoms with Gasteiger partial charge in [-0.25, -0.2) is 18.2 Å². The van der Waals surface area contributed by atoms with Crippen LogP contribution in [0.25, 0.3) is 0 Å². The molecule has 0 aliphatic carbocycles. The second-order valence-corrected chi connectivity index (χ2v) is 8.76. The van der Waals surface area contributed by atoms with Gasteiger partial charge in [-0.15, -0.1) is 11.3 Å². The summed E-state index contributed by atoms with van der Waals surface area (Å²) in [6, 6.07) is -0.636. The summed E-state index contributed by atoms with van der Waals surface area (Å²) in [4.78, 5) is 16.6. The minimum absolute atomic E-state index is 0.0274. The van der Waals surface area contributed by atoms with Crippen LogP contribution in [0.2, 0.25) is 0 Å². The minimum atomic E-state index is -2.99. The first kappa shape index (κ1) is 16.2. The van der Waals surface area contributed by atoms with Crippen molar-refractivity contribution in [1.29, 1.82) is 0 Å². The van der Waals surface area contributed by atoms with Crippen LogP contribution in [0.3, 0.4) is 0 Å². The largest absolute Gasteiger partial charge is 0.334 e. The second-order valence-electron chi connectivity index (χ2n) is 5.68. The minimum Gasteiger partial charge on any atom is -0.334 e. The molecule has 2 atom stereocenters. The number of urea groups is 1. The molecule has 1 aromatic heterocycles. The number of amides is 2. The van der Waals surface area contributed by atoms with Gasteiger partial charge in [0.1, 0.15) is 5.01 Å². The van der Waals surface area contributed by atoms with Crippen molar-refractivity contribution in [2.24, 2.45) is 0 Å². The van der Waals surface area contributed by atoms with Crippen LogP contribution in [0.15, 0.2) is 5.38 Å². The molecule has 1 aromatic rings. The monoisotopic (exact) mass is 331 g/mol. The summed E-state index contributed by atoms with van der Waals surface area (Å²) >= 11 is 1.52. The van der Waals surface area contributed by atoms with E-state index in [1.807, 2.05) is 26.2 Å². The van der Waals surface area contributed by atoms with Gasteiger partial charge in [-0.3, -0.25) is 0 Å². The zero-order valence-electron chi connectivity index (χ0n) is 12.5. The standard InChI is InChI=1S/C13H21N3O3S2/c1-4-13(3,11-14-9(2)7-20-11)16-12(17)15-10-5-6-21(18,19)8-10/h7,10H,4-6,8H2,1-3H3,(H2,15,16,17)/t10-,13+/m1/s1. The van der Waals surface area contributed by atoms with E-state index in [0.29, 0.717) is 12.8 Å². The van der Waals surface area contributed by atoms with Crippen LogP contribution < -0.4 is 10.6 Å². The normalized spacial score (nSPS) is 23.5. The summed E-state index contributed by atoms with van der Waals surface area (Å²) in [5.74, 6) is 0.175. The molecule has 2 amide bonds. The summed E-state index contributed by atoms with van der Waals surface area (Å²) in [5.41, 5.74) is 0.388. The Morgan fingerprint density at radius 3 is 2.76 bits per heavy atom. The van der Waals surface area contributed by atoms with Crippen molar-refractivity contribution in [3.8, 4) is 0 Å². The zero-order valence-corrected chi connectivity index (χ0v) is 14.1. The smallest absolute Gasteiger partial charge is 0.315 e. The summed E-state index contributed by atoms with van der Waals surface area (Å²) in [6.07, 6.45) is 1.19. The number of carbonyl (C=O) groups is 1. The average Bonchev–Trinajstić information content (AvgIpc) is 2.95. The topological polar surface area (TPSA) is 88.2 Å². The molecule has 1 aliphatic heterocycles. The summed E-state index contributed by atoms with van der Waals surface area (Å²) < 4.78 is 22.8. The van der Waals surface area contributed by atoms with E-state index in [0.717, 1.165) is 10.7 Å². The first-order chi connectivity index (χ1) is 9.74. The Morgan fingerprint density at radius 1 is 1.57 bits per heavy atom. The van der Waals surface area contributed by atoms with Gasteiger partial charge in [0.2, 0.25) is 0 Å². The maximum Gasteiger partial charge on any atom is 0.315 e. The number of aryl methyl sites for hydroxylation is 1. The molecule has 1 fully saturated rings. The van der Waals surface area contributed by atoms with Crippen molar-refractivity contribution in [2.45, 2.75) is 45.2 Å². The summed E-state index contributed by atoms with van der Waals surface area (Å²) in [5, 5.41) is 8.49. The zero-order chi connectivity index (χ0) is 15.7. The number of nitrogens with zero attached hydrogens (tertiary/aromatic N) is 1. The van der Waals surface area contributed by atoms with Crippen LogP contribution in [0, 0.1) is 6.92 Å². The van der Waals surface area contributed by atoms with Gasteiger partial charge in [-0.1, -0.05) is 6.92 Å². The van der Waals surface area contributed by atoms with Crippen LogP contribution >= 0.6 is 11.3 Å². The first-order valence-corrected chi connectivity index (χ1v) is 9.66. The predicted molar refractivity (Wildman–Crippen MR) is 83.2 cm³/mol. The third-order valence-corrected chi connectivity index (χ3v) is 6.75. The highest BCUT2D eigenvalue weighted by molar-refractivity contribution is 7.91. The Bertz CT molecular complexity index is 626. The number of hydrogen-bond donors (Lipinski definition) is 2. The van der Waals surface area contributed by atoms with E-state index in [2.05, 4.69) is 15.6 Å². The van der Waals surface area contributed by atoms with Crippen LogP contribution in [-0.2, 0) is 15.4 Å². The molecule has 0 bridgehead atoms. The Morgan fingerprint density at radius 2 is 2.29 bits per heavy atom. The molecule has 1 aliphatic rings. The second kappa shape index (κ2) is 5.92. The first-order valence-electron chi connectivity index (χ1n) is 6.96. The number of rotatable bonds is 4. The molecule has 21 heavy (non-hydrogen) atoms. The molecule has 0 radical (unpaired) electrons. The fourth-order valence-electron chi connectivity index (χ4n) is 2.28. The summed E-state index contributed by atoms with van der Waals surface area (Å²) in [7, 11) is -2.99. The van der Waals surface area contributed by atoms with Crippen LogP contribution in [0.5, 0.6) is 0 Å². The molecule has 118 valence electrons. The molecule has 6 nitrogen and oxygen atoms in total. The Labute approximate surface area is 129 Å². The lowest BCUT2D eigenvalue weighted by Gasteiger charge is -2.28. The van der Waals surface area contributed by atoms with Gasteiger partial charge in [0.25, 0.3) is 0 Å². The Hall–Kier alpha value is -1.15. The number of nitrogens with one attached hydrogen (secondary N) is 2. The van der Waals surface area contributed by atoms with Crippen molar-refractivity contribution in [2.75, 3.05) is 11.5 Å². The van der Waals surface area contributed by atoms with Crippen molar-refractivity contribution in [3.05, 3.63) is 16.1 Å². The van der Waals surface area contributed by atoms with Crippen molar-refractivity contribution in [3.63, 3.8) is 0 Å². The third-order valence-electron chi connectivity index (χ3n) is 3.76. The Balaban J connectivity index is 2.00. The molecule has 0 spiro atoms. The maximum atomic E-state index is 12.1. The fourth-order valence-corrected chi connectivity index (χ4v) is 4.94. The van der Waals surface area contributed by atoms with Crippen LogP contribution in [0.4, 0.5) is 4.79 Å². The molecule has 0 aromatic carbocycles. The quantitative estimate of drug-likeness (QED) is 0.876. The van der Waals surface area contributed by atoms with Crippen LogP contribution in [0.1, 0.15) is 37.4 Å². The molecule has 2 heterocycles. The highest BCUT2D eigenvalue weighted by Crippen LogP contribution is 2.27. The predicted octanol–water partition coefficient (Wildman–Crippen LogP) is 1.56. The van der Waals surface area contributed by atoms with Crippen molar-refractivity contribution in [1.82, 2.24) is 15.6 Å². The lowest BCUT2D eigenvalue weighted by Crippen LogP contribution is -2.50. The van der Waals surface area contributed by atoms with Gasteiger partial charge in [0.15, 0.2) is 9.84 Å². The Kier molecular flexibility index (Phi) is 4.57. The lowest BCUT2D eigenvalue weighted by atomic mass is 10.0. The number of hydrogen-bond acceptors (Lipinski definition) is 5. The van der Waals surface area contributed by atoms with E-state index in [1.165, 1.54) is 11.3 Å². The summed E-state index contributed by atoms with van der Waals surface area (Å²) in [6.45, 7) is 5.83. The maximum absolute atomic E-state index is 12.1. The molecule has 2 rings (SSSR count). The average molecular weight is 331 g/mol. The van der Waals surface area contributed by atoms with Crippen LogP contribution in [-0.4, -0.2) is 37.0 Å². The van der Waals surface area contributed by atoms with E-state index < -0.39 is 15.4 Å². The van der Waals surface area contributed by atoms with E-state index >= 15 is 0 Å². The molecule has 8 heteroatoms. The molecule has 1 saturated heterocycles. The van der Waals surface area contributed by atoms with Gasteiger partial charge in [-0.2, -0.15) is 0 Å². The van der Waals surface area contributed by atoms with Gasteiger partial charge in [0.05, 0.1) is 17.0 Å². The lowest BCUT2D eigenvalue weighted by molar-refractivity contribution is 0.223. The van der Waals surface area contributed by atoms with Gasteiger partial charge in [0, 0.05) is 17.1 Å². The van der Waals surface area contributed by atoms with Gasteiger partial charge >= 0.3 is 6.03 Å². The third kappa shape index (κ3) is 3.94. The number of carbonyl (C=O) groups excluding carboxylic acids is 1. The number of thiazole rings is 1. The number of sulfone groups is 1. The number of aromatic nitrogens is 1. The van der Waals surface area contributed by atoms with E-state index in [9.17, 15) is 13.2 Å². The van der Waals surface area contributed by atoms with Crippen molar-refractivity contribution >= 4 is 27.2 Å². The molecule has 2 N–H and O–H groups in total. The fraction of sp³-hybridized carbons (Fsp3) is 0.692. The molecule has 0 unspecified atom stereocenters. The SMILES string of the molecule is CC[C@](C)(NC(=O)N[C@@H]1CCS(=O)(=O)C1)c1nc(C)cs1. The highest BCUT2D eigenvalue weighted by Gasteiger charge is 2.33. The van der Waals surface area contributed by atoms with E-state index in [1.54, 1.807) is 0 Å². The molecular formula is C13H21N3O3S2. The molecular weight excluding hydrogens is 310 g/mol. The van der Waals surface area contributed by atoms with Gasteiger partial charge in [-0.05, 0) is 26.7 Å². The highest BCUT2D eigenvalue weighted by atomic mass is 32.2.